The minimum Gasteiger partial charge on any atom is -0.496 e. The second-order valence-electron chi connectivity index (χ2n) is 4.26. The maximum absolute atomic E-state index is 12.1. The van der Waals surface area contributed by atoms with Crippen LogP contribution in [-0.4, -0.2) is 36.8 Å². The van der Waals surface area contributed by atoms with E-state index in [-0.39, 0.29) is 6.42 Å². The van der Waals surface area contributed by atoms with Crippen molar-refractivity contribution in [2.75, 3.05) is 13.7 Å². The first kappa shape index (κ1) is 16.8. The van der Waals surface area contributed by atoms with E-state index in [1.807, 2.05) is 0 Å². The number of amides is 1. The van der Waals surface area contributed by atoms with E-state index in [0.29, 0.717) is 11.3 Å². The lowest BCUT2D eigenvalue weighted by Crippen LogP contribution is -2.41. The van der Waals surface area contributed by atoms with Crippen molar-refractivity contribution < 1.29 is 32.6 Å². The Morgan fingerprint density at radius 1 is 1.33 bits per heavy atom. The van der Waals surface area contributed by atoms with E-state index in [1.165, 1.54) is 7.11 Å². The van der Waals surface area contributed by atoms with Crippen LogP contribution >= 0.6 is 0 Å². The van der Waals surface area contributed by atoms with Crippen molar-refractivity contribution in [2.24, 2.45) is 5.92 Å². The standard InChI is InChI=1S/C13H14F3NO4/c1-21-10-5-3-2-4-8(10)6-9(11(18)19)7-17-12(20)13(14,15)16/h2-5,9H,6-7H2,1H3,(H,17,20)(H,18,19). The van der Waals surface area contributed by atoms with Gasteiger partial charge in [-0.25, -0.2) is 0 Å². The molecule has 8 heteroatoms. The molecule has 0 aliphatic heterocycles. The number of hydrogen-bond acceptors (Lipinski definition) is 3. The zero-order valence-corrected chi connectivity index (χ0v) is 11.1. The van der Waals surface area contributed by atoms with Crippen molar-refractivity contribution in [1.29, 1.82) is 0 Å². The third-order valence-electron chi connectivity index (χ3n) is 2.77. The highest BCUT2D eigenvalue weighted by molar-refractivity contribution is 5.82. The van der Waals surface area contributed by atoms with Crippen LogP contribution in [-0.2, 0) is 16.0 Å². The number of rotatable bonds is 6. The molecule has 5 nitrogen and oxygen atoms in total. The summed E-state index contributed by atoms with van der Waals surface area (Å²) < 4.78 is 41.2. The molecule has 1 aromatic rings. The molecule has 2 N–H and O–H groups in total. The zero-order valence-electron chi connectivity index (χ0n) is 11.1. The molecule has 1 atom stereocenters. The first-order valence-electron chi connectivity index (χ1n) is 5.95. The van der Waals surface area contributed by atoms with Gasteiger partial charge in [0.05, 0.1) is 13.0 Å². The molecule has 0 saturated carbocycles. The summed E-state index contributed by atoms with van der Waals surface area (Å²) in [5.74, 6) is -4.21. The molecule has 0 radical (unpaired) electrons. The highest BCUT2D eigenvalue weighted by Crippen LogP contribution is 2.21. The van der Waals surface area contributed by atoms with E-state index in [4.69, 9.17) is 9.84 Å². The predicted octanol–water partition coefficient (Wildman–Crippen LogP) is 1.62. The van der Waals surface area contributed by atoms with Crippen LogP contribution in [0.5, 0.6) is 5.75 Å². The second-order valence-corrected chi connectivity index (χ2v) is 4.26. The summed E-state index contributed by atoms with van der Waals surface area (Å²) in [6.07, 6.45) is -5.09. The Bertz CT molecular complexity index is 516. The number of carbonyl (C=O) groups excluding carboxylic acids is 1. The molecule has 0 heterocycles. The number of benzene rings is 1. The van der Waals surface area contributed by atoms with E-state index in [9.17, 15) is 22.8 Å². The van der Waals surface area contributed by atoms with Gasteiger partial charge in [-0.1, -0.05) is 18.2 Å². The van der Waals surface area contributed by atoms with Gasteiger partial charge in [-0.15, -0.1) is 0 Å². The van der Waals surface area contributed by atoms with Gasteiger partial charge < -0.3 is 15.2 Å². The number of halogens is 3. The number of alkyl halides is 3. The van der Waals surface area contributed by atoms with Gasteiger partial charge in [-0.2, -0.15) is 13.2 Å². The molecule has 0 spiro atoms. The van der Waals surface area contributed by atoms with Crippen LogP contribution in [0.15, 0.2) is 24.3 Å². The highest BCUT2D eigenvalue weighted by atomic mass is 19.4. The van der Waals surface area contributed by atoms with Crippen LogP contribution in [0.4, 0.5) is 13.2 Å². The zero-order chi connectivity index (χ0) is 16.0. The topological polar surface area (TPSA) is 75.6 Å². The number of methoxy groups -OCH3 is 1. The molecule has 1 unspecified atom stereocenters. The third kappa shape index (κ3) is 4.97. The van der Waals surface area contributed by atoms with Gasteiger partial charge in [0, 0.05) is 6.54 Å². The summed E-state index contributed by atoms with van der Waals surface area (Å²) in [5, 5.41) is 10.6. The summed E-state index contributed by atoms with van der Waals surface area (Å²) in [4.78, 5) is 21.8. The highest BCUT2D eigenvalue weighted by Gasteiger charge is 2.39. The van der Waals surface area contributed by atoms with Crippen molar-refractivity contribution in [2.45, 2.75) is 12.6 Å². The molecule has 1 rings (SSSR count). The van der Waals surface area contributed by atoms with Crippen LogP contribution in [0, 0.1) is 5.92 Å². The van der Waals surface area contributed by atoms with Gasteiger partial charge in [0.2, 0.25) is 0 Å². The lowest BCUT2D eigenvalue weighted by atomic mass is 9.98. The van der Waals surface area contributed by atoms with Gasteiger partial charge in [-0.05, 0) is 18.1 Å². The lowest BCUT2D eigenvalue weighted by Gasteiger charge is -2.16. The second kappa shape index (κ2) is 6.96. The Kier molecular flexibility index (Phi) is 5.57. The number of aliphatic carboxylic acids is 1. The largest absolute Gasteiger partial charge is 0.496 e. The lowest BCUT2D eigenvalue weighted by molar-refractivity contribution is -0.174. The van der Waals surface area contributed by atoms with Crippen LogP contribution in [0.2, 0.25) is 0 Å². The van der Waals surface area contributed by atoms with Crippen LogP contribution in [0.1, 0.15) is 5.56 Å². The molecule has 116 valence electrons. The number of carboxylic acid groups (broad SMARTS) is 1. The van der Waals surface area contributed by atoms with Gasteiger partial charge in [0.1, 0.15) is 5.75 Å². The fraction of sp³-hybridized carbons (Fsp3) is 0.385. The van der Waals surface area contributed by atoms with E-state index in [1.54, 1.807) is 29.6 Å². The summed E-state index contributed by atoms with van der Waals surface area (Å²) >= 11 is 0. The van der Waals surface area contributed by atoms with Gasteiger partial charge in [0.25, 0.3) is 0 Å². The molecule has 21 heavy (non-hydrogen) atoms. The van der Waals surface area contributed by atoms with E-state index in [2.05, 4.69) is 0 Å². The van der Waals surface area contributed by atoms with Crippen LogP contribution in [0.3, 0.4) is 0 Å². The number of carbonyl (C=O) groups is 2. The fourth-order valence-electron chi connectivity index (χ4n) is 1.70. The van der Waals surface area contributed by atoms with E-state index < -0.39 is 30.5 Å². The Morgan fingerprint density at radius 2 is 1.95 bits per heavy atom. The average Bonchev–Trinajstić information content (AvgIpc) is 2.42. The van der Waals surface area contributed by atoms with Crippen LogP contribution in [0.25, 0.3) is 0 Å². The van der Waals surface area contributed by atoms with Gasteiger partial charge in [0.15, 0.2) is 0 Å². The van der Waals surface area contributed by atoms with E-state index in [0.717, 1.165) is 0 Å². The van der Waals surface area contributed by atoms with Crippen molar-refractivity contribution in [1.82, 2.24) is 5.32 Å². The predicted molar refractivity (Wildman–Crippen MR) is 66.9 cm³/mol. The van der Waals surface area contributed by atoms with Crippen LogP contribution < -0.4 is 10.1 Å². The smallest absolute Gasteiger partial charge is 0.471 e. The first-order chi connectivity index (χ1) is 9.75. The maximum Gasteiger partial charge on any atom is 0.471 e. The molecule has 0 fully saturated rings. The van der Waals surface area contributed by atoms with Crippen molar-refractivity contribution in [3.8, 4) is 5.75 Å². The monoisotopic (exact) mass is 305 g/mol. The van der Waals surface area contributed by atoms with E-state index >= 15 is 0 Å². The Morgan fingerprint density at radius 3 is 2.48 bits per heavy atom. The van der Waals surface area contributed by atoms with Gasteiger partial charge in [-0.3, -0.25) is 9.59 Å². The summed E-state index contributed by atoms with van der Waals surface area (Å²) in [6, 6.07) is 6.57. The number of para-hydroxylation sites is 1. The van der Waals surface area contributed by atoms with Crippen molar-refractivity contribution in [3.05, 3.63) is 29.8 Å². The normalized spacial score (nSPS) is 12.6. The molecule has 0 saturated heterocycles. The first-order valence-corrected chi connectivity index (χ1v) is 5.95. The minimum absolute atomic E-state index is 0.0581. The SMILES string of the molecule is COc1ccccc1CC(CNC(=O)C(F)(F)F)C(=O)O. The summed E-state index contributed by atoms with van der Waals surface area (Å²) in [6.45, 7) is -0.619. The Labute approximate surface area is 118 Å². The number of hydrogen-bond donors (Lipinski definition) is 2. The quantitative estimate of drug-likeness (QED) is 0.837. The molecule has 0 bridgehead atoms. The molecular weight excluding hydrogens is 291 g/mol. The molecule has 0 aliphatic rings. The number of ether oxygens (including phenoxy) is 1. The van der Waals surface area contributed by atoms with Gasteiger partial charge >= 0.3 is 18.1 Å². The molecule has 0 aromatic heterocycles. The summed E-state index contributed by atoms with van der Waals surface area (Å²) in [7, 11) is 1.40. The minimum atomic E-state index is -5.03. The number of nitrogens with one attached hydrogen (secondary N) is 1. The average molecular weight is 305 g/mol. The number of carboxylic acids is 1. The Hall–Kier alpha value is -2.25. The molecule has 0 aliphatic carbocycles. The Balaban J connectivity index is 2.75. The van der Waals surface area contributed by atoms with Crippen molar-refractivity contribution >= 4 is 11.9 Å². The third-order valence-corrected chi connectivity index (χ3v) is 2.77. The molecular formula is C13H14F3NO4. The fourth-order valence-corrected chi connectivity index (χ4v) is 1.70. The maximum atomic E-state index is 12.1. The molecule has 1 amide bonds. The molecule has 1 aromatic carbocycles. The summed E-state index contributed by atoms with van der Waals surface area (Å²) in [5.41, 5.74) is 0.536. The van der Waals surface area contributed by atoms with Crippen molar-refractivity contribution in [3.63, 3.8) is 0 Å².